The third kappa shape index (κ3) is 3.97. The molecular weight excluding hydrogens is 377 g/mol. The van der Waals surface area contributed by atoms with Gasteiger partial charge in [-0.25, -0.2) is 14.0 Å². The molecule has 0 aromatic heterocycles. The van der Waals surface area contributed by atoms with Crippen molar-refractivity contribution in [2.24, 2.45) is 0 Å². The molecule has 1 aromatic carbocycles. The molecule has 0 aliphatic carbocycles. The van der Waals surface area contributed by atoms with Gasteiger partial charge in [-0.3, -0.25) is 0 Å². The average Bonchev–Trinajstić information content (AvgIpc) is 2.40. The van der Waals surface area contributed by atoms with Crippen molar-refractivity contribution in [3.63, 3.8) is 0 Å². The van der Waals surface area contributed by atoms with E-state index in [-0.39, 0.29) is 18.2 Å². The first-order valence-electron chi connectivity index (χ1n) is 6.78. The van der Waals surface area contributed by atoms with Crippen LogP contribution >= 0.6 is 0 Å². The van der Waals surface area contributed by atoms with Crippen molar-refractivity contribution < 1.29 is 49.8 Å². The standard InChI is InChI=1S/C15H9F7O4/c1-13(2)25-11(23)8(12(24)26-13)5-7-9(15(20,21)22)3-6(4-10(7)16)14(17,18)19/h3-5H,1-2H3. The lowest BCUT2D eigenvalue weighted by molar-refractivity contribution is -0.222. The van der Waals surface area contributed by atoms with Crippen LogP contribution in [0.2, 0.25) is 0 Å². The van der Waals surface area contributed by atoms with Gasteiger partial charge in [-0.15, -0.1) is 0 Å². The van der Waals surface area contributed by atoms with Crippen molar-refractivity contribution in [1.82, 2.24) is 0 Å². The molecule has 1 aliphatic heterocycles. The molecule has 1 aliphatic rings. The number of alkyl halides is 6. The Kier molecular flexibility index (Phi) is 4.55. The molecule has 0 spiro atoms. The van der Waals surface area contributed by atoms with Gasteiger partial charge in [0.15, 0.2) is 0 Å². The van der Waals surface area contributed by atoms with Crippen molar-refractivity contribution in [1.29, 1.82) is 0 Å². The number of hydrogen-bond acceptors (Lipinski definition) is 4. The summed E-state index contributed by atoms with van der Waals surface area (Å²) in [5.41, 5.74) is -6.40. The van der Waals surface area contributed by atoms with E-state index in [1.165, 1.54) is 13.8 Å². The van der Waals surface area contributed by atoms with Crippen LogP contribution < -0.4 is 0 Å². The van der Waals surface area contributed by atoms with Gasteiger partial charge in [-0.2, -0.15) is 26.3 Å². The van der Waals surface area contributed by atoms with Crippen LogP contribution in [0.15, 0.2) is 17.7 Å². The van der Waals surface area contributed by atoms with E-state index in [9.17, 15) is 40.3 Å². The summed E-state index contributed by atoms with van der Waals surface area (Å²) in [4.78, 5) is 23.5. The molecule has 1 saturated heterocycles. The van der Waals surface area contributed by atoms with E-state index in [2.05, 4.69) is 9.47 Å². The number of ether oxygens (including phenoxy) is 2. The van der Waals surface area contributed by atoms with Gasteiger partial charge in [0.2, 0.25) is 0 Å². The molecule has 11 heteroatoms. The largest absolute Gasteiger partial charge is 0.419 e. The van der Waals surface area contributed by atoms with Crippen molar-refractivity contribution >= 4 is 18.0 Å². The zero-order valence-electron chi connectivity index (χ0n) is 13.0. The van der Waals surface area contributed by atoms with Crippen molar-refractivity contribution in [3.8, 4) is 0 Å². The summed E-state index contributed by atoms with van der Waals surface area (Å²) < 4.78 is 100. The Morgan fingerprint density at radius 3 is 1.85 bits per heavy atom. The summed E-state index contributed by atoms with van der Waals surface area (Å²) in [5, 5.41) is 0. The van der Waals surface area contributed by atoms with Crippen LogP contribution in [0.4, 0.5) is 30.7 Å². The Labute approximate surface area is 141 Å². The quantitative estimate of drug-likeness (QED) is 0.316. The zero-order valence-corrected chi connectivity index (χ0v) is 13.0. The highest BCUT2D eigenvalue weighted by atomic mass is 19.4. The van der Waals surface area contributed by atoms with Gasteiger partial charge in [0.25, 0.3) is 5.79 Å². The number of hydrogen-bond donors (Lipinski definition) is 0. The summed E-state index contributed by atoms with van der Waals surface area (Å²) in [7, 11) is 0. The van der Waals surface area contributed by atoms with Crippen molar-refractivity contribution in [2.45, 2.75) is 32.0 Å². The molecule has 2 rings (SSSR count). The minimum atomic E-state index is -5.39. The normalized spacial score (nSPS) is 17.7. The number of esters is 2. The van der Waals surface area contributed by atoms with E-state index < -0.39 is 58.2 Å². The molecule has 1 fully saturated rings. The summed E-state index contributed by atoms with van der Waals surface area (Å²) >= 11 is 0. The summed E-state index contributed by atoms with van der Waals surface area (Å²) in [6.07, 6.45) is -10.5. The number of benzene rings is 1. The van der Waals surface area contributed by atoms with E-state index in [1.54, 1.807) is 0 Å². The lowest BCUT2D eigenvalue weighted by Gasteiger charge is -2.29. The molecule has 26 heavy (non-hydrogen) atoms. The van der Waals surface area contributed by atoms with Gasteiger partial charge in [-0.05, 0) is 18.2 Å². The zero-order chi connectivity index (χ0) is 20.1. The Hall–Kier alpha value is -2.59. The van der Waals surface area contributed by atoms with E-state index in [0.717, 1.165) is 0 Å². The lowest BCUT2D eigenvalue weighted by atomic mass is 9.99. The lowest BCUT2D eigenvalue weighted by Crippen LogP contribution is -2.41. The Bertz CT molecular complexity index is 781. The molecule has 0 saturated carbocycles. The molecule has 1 aromatic rings. The molecule has 142 valence electrons. The first-order chi connectivity index (χ1) is 11.6. The van der Waals surface area contributed by atoms with Gasteiger partial charge in [0.05, 0.1) is 11.1 Å². The molecule has 0 radical (unpaired) electrons. The van der Waals surface area contributed by atoms with Gasteiger partial charge in [0.1, 0.15) is 11.4 Å². The van der Waals surface area contributed by atoms with Crippen LogP contribution in [-0.4, -0.2) is 17.7 Å². The summed E-state index contributed by atoms with van der Waals surface area (Å²) in [5.74, 6) is -6.43. The molecule has 0 N–H and O–H groups in total. The minimum Gasteiger partial charge on any atom is -0.419 e. The number of cyclic esters (lactones) is 2. The Morgan fingerprint density at radius 1 is 0.923 bits per heavy atom. The minimum absolute atomic E-state index is 0.151. The molecule has 1 heterocycles. The van der Waals surface area contributed by atoms with Gasteiger partial charge < -0.3 is 9.47 Å². The van der Waals surface area contributed by atoms with Crippen molar-refractivity contribution in [3.05, 3.63) is 40.2 Å². The molecule has 0 atom stereocenters. The van der Waals surface area contributed by atoms with Crippen LogP contribution in [0.3, 0.4) is 0 Å². The topological polar surface area (TPSA) is 52.6 Å². The first-order valence-corrected chi connectivity index (χ1v) is 6.78. The highest BCUT2D eigenvalue weighted by Gasteiger charge is 2.42. The maximum atomic E-state index is 14.0. The smallest absolute Gasteiger partial charge is 0.417 e. The monoisotopic (exact) mass is 386 g/mol. The predicted octanol–water partition coefficient (Wildman–Crippen LogP) is 4.08. The highest BCUT2D eigenvalue weighted by Crippen LogP contribution is 2.39. The second kappa shape index (κ2) is 5.99. The van der Waals surface area contributed by atoms with Gasteiger partial charge >= 0.3 is 24.3 Å². The maximum absolute atomic E-state index is 14.0. The van der Waals surface area contributed by atoms with Gasteiger partial charge in [0, 0.05) is 19.4 Å². The third-order valence-corrected chi connectivity index (χ3v) is 3.17. The molecule has 0 bridgehead atoms. The van der Waals surface area contributed by atoms with Crippen LogP contribution in [0, 0.1) is 5.82 Å². The molecular formula is C15H9F7O4. The van der Waals surface area contributed by atoms with Crippen LogP contribution in [-0.2, 0) is 31.4 Å². The van der Waals surface area contributed by atoms with E-state index >= 15 is 0 Å². The number of rotatable bonds is 1. The van der Waals surface area contributed by atoms with Gasteiger partial charge in [-0.1, -0.05) is 0 Å². The summed E-state index contributed by atoms with van der Waals surface area (Å²) in [6.45, 7) is 2.33. The number of halogens is 7. The molecule has 0 unspecified atom stereocenters. The van der Waals surface area contributed by atoms with E-state index in [0.29, 0.717) is 0 Å². The number of carbonyl (C=O) groups is 2. The van der Waals surface area contributed by atoms with Crippen LogP contribution in [0.1, 0.15) is 30.5 Å². The maximum Gasteiger partial charge on any atom is 0.417 e. The van der Waals surface area contributed by atoms with E-state index in [1.807, 2.05) is 0 Å². The third-order valence-electron chi connectivity index (χ3n) is 3.17. The van der Waals surface area contributed by atoms with E-state index in [4.69, 9.17) is 0 Å². The predicted molar refractivity (Wildman–Crippen MR) is 70.6 cm³/mol. The Balaban J connectivity index is 2.66. The SMILES string of the molecule is CC1(C)OC(=O)C(=Cc2c(F)cc(C(F)(F)F)cc2C(F)(F)F)C(=O)O1. The second-order valence-corrected chi connectivity index (χ2v) is 5.65. The summed E-state index contributed by atoms with van der Waals surface area (Å²) in [6, 6.07) is -0.496. The van der Waals surface area contributed by atoms with Crippen LogP contribution in [0.25, 0.3) is 6.08 Å². The first kappa shape index (κ1) is 19.7. The highest BCUT2D eigenvalue weighted by molar-refractivity contribution is 6.19. The average molecular weight is 386 g/mol. The Morgan fingerprint density at radius 2 is 1.42 bits per heavy atom. The second-order valence-electron chi connectivity index (χ2n) is 5.65. The fourth-order valence-corrected chi connectivity index (χ4v) is 2.09. The van der Waals surface area contributed by atoms with Crippen molar-refractivity contribution in [2.75, 3.05) is 0 Å². The fourth-order valence-electron chi connectivity index (χ4n) is 2.09. The fraction of sp³-hybridized carbons (Fsp3) is 0.333. The number of carbonyl (C=O) groups excluding carboxylic acids is 2. The van der Waals surface area contributed by atoms with Crippen LogP contribution in [0.5, 0.6) is 0 Å². The molecule has 0 amide bonds. The molecule has 4 nitrogen and oxygen atoms in total.